The summed E-state index contributed by atoms with van der Waals surface area (Å²) in [4.78, 5) is 9.51. The van der Waals surface area contributed by atoms with Crippen molar-refractivity contribution in [3.8, 4) is 0 Å². The third-order valence-electron chi connectivity index (χ3n) is 5.50. The van der Waals surface area contributed by atoms with Gasteiger partial charge in [0.2, 0.25) is 0 Å². The predicted molar refractivity (Wildman–Crippen MR) is 101 cm³/mol. The van der Waals surface area contributed by atoms with Gasteiger partial charge in [-0.25, -0.2) is 0 Å². The highest BCUT2D eigenvalue weighted by atomic mass is 16.5. The highest BCUT2D eigenvalue weighted by Crippen LogP contribution is 2.19. The fourth-order valence-electron chi connectivity index (χ4n) is 3.83. The van der Waals surface area contributed by atoms with Crippen LogP contribution in [-0.2, 0) is 4.74 Å². The van der Waals surface area contributed by atoms with E-state index in [0.717, 1.165) is 32.2 Å². The number of rotatable bonds is 7. The highest BCUT2D eigenvalue weighted by Gasteiger charge is 2.31. The van der Waals surface area contributed by atoms with Crippen LogP contribution in [0.3, 0.4) is 0 Å². The molecule has 2 aliphatic rings. The monoisotopic (exact) mass is 339 g/mol. The number of nitrogens with one attached hydrogen (secondary N) is 2. The molecule has 0 aromatic rings. The van der Waals surface area contributed by atoms with Crippen molar-refractivity contribution in [3.05, 3.63) is 0 Å². The van der Waals surface area contributed by atoms with Gasteiger partial charge in [0.25, 0.3) is 0 Å². The summed E-state index contributed by atoms with van der Waals surface area (Å²) in [5.41, 5.74) is 0. The lowest BCUT2D eigenvalue weighted by Crippen LogP contribution is -2.50. The number of nitrogens with zero attached hydrogens (tertiary/aromatic N) is 3. The van der Waals surface area contributed by atoms with E-state index < -0.39 is 0 Å². The van der Waals surface area contributed by atoms with Gasteiger partial charge >= 0.3 is 0 Å². The first-order valence-corrected chi connectivity index (χ1v) is 9.49. The zero-order valence-electron chi connectivity index (χ0n) is 16.2. The van der Waals surface area contributed by atoms with Gasteiger partial charge in [-0.15, -0.1) is 0 Å². The Morgan fingerprint density at radius 3 is 2.75 bits per heavy atom. The van der Waals surface area contributed by atoms with Crippen molar-refractivity contribution >= 4 is 5.96 Å². The Bertz CT molecular complexity index is 401. The summed E-state index contributed by atoms with van der Waals surface area (Å²) in [7, 11) is 3.64. The van der Waals surface area contributed by atoms with E-state index in [1.165, 1.54) is 25.9 Å². The lowest BCUT2D eigenvalue weighted by Gasteiger charge is -2.26. The minimum absolute atomic E-state index is 0.478. The fraction of sp³-hybridized carbons (Fsp3) is 0.944. The standard InChI is InChI=1S/C18H37N5O/c1-14(2)23-12-15(3)17(13-23)21-18(19-4)20-11-16-7-6-8-22(16)9-10-24-5/h14-17H,6-13H2,1-5H3,(H2,19,20,21). The van der Waals surface area contributed by atoms with Crippen LogP contribution in [0.4, 0.5) is 0 Å². The van der Waals surface area contributed by atoms with Crippen LogP contribution in [0.25, 0.3) is 0 Å². The van der Waals surface area contributed by atoms with E-state index in [0.29, 0.717) is 24.0 Å². The second-order valence-corrected chi connectivity index (χ2v) is 7.55. The normalized spacial score (nSPS) is 29.6. The molecule has 2 rings (SSSR count). The number of guanidine groups is 1. The van der Waals surface area contributed by atoms with Gasteiger partial charge in [-0.05, 0) is 39.2 Å². The number of aliphatic imine (C=N–C) groups is 1. The van der Waals surface area contributed by atoms with Crippen molar-refractivity contribution in [1.82, 2.24) is 20.4 Å². The van der Waals surface area contributed by atoms with Crippen LogP contribution in [0.2, 0.25) is 0 Å². The first-order valence-electron chi connectivity index (χ1n) is 9.49. The fourth-order valence-corrected chi connectivity index (χ4v) is 3.83. The summed E-state index contributed by atoms with van der Waals surface area (Å²) in [6, 6.07) is 1.68. The minimum atomic E-state index is 0.478. The van der Waals surface area contributed by atoms with Crippen molar-refractivity contribution in [2.24, 2.45) is 10.9 Å². The number of hydrogen-bond acceptors (Lipinski definition) is 4. The summed E-state index contributed by atoms with van der Waals surface area (Å²) in [6.07, 6.45) is 2.54. The first kappa shape index (κ1) is 19.5. The maximum absolute atomic E-state index is 5.23. The molecule has 0 aromatic carbocycles. The molecule has 2 saturated heterocycles. The maximum Gasteiger partial charge on any atom is 0.191 e. The summed E-state index contributed by atoms with van der Waals surface area (Å²) in [6.45, 7) is 13.1. The molecule has 6 heteroatoms. The zero-order valence-corrected chi connectivity index (χ0v) is 16.2. The van der Waals surface area contributed by atoms with Crippen LogP contribution in [0.1, 0.15) is 33.6 Å². The Labute approximate surface area is 148 Å². The smallest absolute Gasteiger partial charge is 0.191 e. The number of likely N-dealkylation sites (tertiary alicyclic amines) is 2. The van der Waals surface area contributed by atoms with Crippen molar-refractivity contribution in [2.75, 3.05) is 53.5 Å². The van der Waals surface area contributed by atoms with Crippen molar-refractivity contribution < 1.29 is 4.74 Å². The summed E-state index contributed by atoms with van der Waals surface area (Å²) in [5, 5.41) is 7.18. The van der Waals surface area contributed by atoms with E-state index in [-0.39, 0.29) is 0 Å². The molecule has 140 valence electrons. The average molecular weight is 340 g/mol. The van der Waals surface area contributed by atoms with Gasteiger partial charge in [0, 0.05) is 58.5 Å². The van der Waals surface area contributed by atoms with Crippen molar-refractivity contribution in [3.63, 3.8) is 0 Å². The van der Waals surface area contributed by atoms with Gasteiger partial charge in [-0.3, -0.25) is 14.8 Å². The summed E-state index contributed by atoms with van der Waals surface area (Å²) >= 11 is 0. The van der Waals surface area contributed by atoms with E-state index in [1.807, 2.05) is 7.05 Å². The summed E-state index contributed by atoms with van der Waals surface area (Å²) in [5.74, 6) is 1.59. The van der Waals surface area contributed by atoms with Crippen molar-refractivity contribution in [2.45, 2.75) is 51.7 Å². The molecular formula is C18H37N5O. The molecule has 2 heterocycles. The molecular weight excluding hydrogens is 302 g/mol. The molecule has 2 N–H and O–H groups in total. The molecule has 0 aromatic heterocycles. The van der Waals surface area contributed by atoms with Crippen LogP contribution >= 0.6 is 0 Å². The second kappa shape index (κ2) is 9.59. The van der Waals surface area contributed by atoms with E-state index in [1.54, 1.807) is 7.11 Å². The molecule has 0 saturated carbocycles. The Morgan fingerprint density at radius 2 is 2.12 bits per heavy atom. The van der Waals surface area contributed by atoms with E-state index in [9.17, 15) is 0 Å². The molecule has 0 bridgehead atoms. The Balaban J connectivity index is 1.78. The minimum Gasteiger partial charge on any atom is -0.383 e. The maximum atomic E-state index is 5.23. The van der Waals surface area contributed by atoms with Gasteiger partial charge in [0.05, 0.1) is 6.61 Å². The summed E-state index contributed by atoms with van der Waals surface area (Å²) < 4.78 is 5.23. The topological polar surface area (TPSA) is 52.1 Å². The predicted octanol–water partition coefficient (Wildman–Crippen LogP) is 0.991. The van der Waals surface area contributed by atoms with Gasteiger partial charge in [0.1, 0.15) is 0 Å². The number of ether oxygens (including phenoxy) is 1. The average Bonchev–Trinajstić information content (AvgIpc) is 3.16. The Hall–Kier alpha value is -0.850. The van der Waals surface area contributed by atoms with Crippen LogP contribution in [0, 0.1) is 5.92 Å². The zero-order chi connectivity index (χ0) is 17.5. The quantitative estimate of drug-likeness (QED) is 0.535. The van der Waals surface area contributed by atoms with Crippen LogP contribution < -0.4 is 10.6 Å². The molecule has 0 spiro atoms. The highest BCUT2D eigenvalue weighted by molar-refractivity contribution is 5.80. The van der Waals surface area contributed by atoms with Crippen LogP contribution in [-0.4, -0.2) is 87.4 Å². The van der Waals surface area contributed by atoms with E-state index >= 15 is 0 Å². The van der Waals surface area contributed by atoms with E-state index in [2.05, 4.69) is 46.2 Å². The third-order valence-corrected chi connectivity index (χ3v) is 5.50. The third kappa shape index (κ3) is 5.33. The van der Waals surface area contributed by atoms with Crippen LogP contribution in [0.5, 0.6) is 0 Å². The Kier molecular flexibility index (Phi) is 7.78. The van der Waals surface area contributed by atoms with Gasteiger partial charge in [0.15, 0.2) is 5.96 Å². The van der Waals surface area contributed by atoms with Crippen molar-refractivity contribution in [1.29, 1.82) is 0 Å². The molecule has 0 radical (unpaired) electrons. The SMILES string of the molecule is CN=C(NCC1CCCN1CCOC)NC1CN(C(C)C)CC1C. The molecule has 2 aliphatic heterocycles. The second-order valence-electron chi connectivity index (χ2n) is 7.55. The van der Waals surface area contributed by atoms with Gasteiger partial charge < -0.3 is 15.4 Å². The lowest BCUT2D eigenvalue weighted by atomic mass is 10.1. The molecule has 0 amide bonds. The first-order chi connectivity index (χ1) is 11.5. The number of methoxy groups -OCH3 is 1. The molecule has 2 fully saturated rings. The largest absolute Gasteiger partial charge is 0.383 e. The molecule has 3 unspecified atom stereocenters. The molecule has 24 heavy (non-hydrogen) atoms. The van der Waals surface area contributed by atoms with E-state index in [4.69, 9.17) is 4.74 Å². The number of hydrogen-bond donors (Lipinski definition) is 2. The Morgan fingerprint density at radius 1 is 1.33 bits per heavy atom. The lowest BCUT2D eigenvalue weighted by molar-refractivity contribution is 0.141. The van der Waals surface area contributed by atoms with Crippen LogP contribution in [0.15, 0.2) is 4.99 Å². The molecule has 3 atom stereocenters. The molecule has 0 aliphatic carbocycles. The van der Waals surface area contributed by atoms with Gasteiger partial charge in [-0.1, -0.05) is 6.92 Å². The van der Waals surface area contributed by atoms with Gasteiger partial charge in [-0.2, -0.15) is 0 Å². The molecule has 6 nitrogen and oxygen atoms in total.